The summed E-state index contributed by atoms with van der Waals surface area (Å²) in [6, 6.07) is 0. The van der Waals surface area contributed by atoms with Crippen LogP contribution in [-0.4, -0.2) is 4.01 Å². The molecule has 0 fully saturated rings. The van der Waals surface area contributed by atoms with Gasteiger partial charge in [0.15, 0.2) is 0 Å². The van der Waals surface area contributed by atoms with E-state index in [9.17, 15) is 0 Å². The standard InChI is InChI=1S/C4H5IO/c1-4-2-3-5-6-4/h2-3H,1H3. The highest BCUT2D eigenvalue weighted by Gasteiger charge is 1.87. The number of halogens is 1. The number of hydrogen-bond donors (Lipinski definition) is 0. The highest BCUT2D eigenvalue weighted by molar-refractivity contribution is 14.2. The van der Waals surface area contributed by atoms with Crippen molar-refractivity contribution in [2.45, 2.75) is 6.92 Å². The molecule has 34 valence electrons. The smallest absolute Gasteiger partial charge is 0.113 e. The molecule has 1 nitrogen and oxygen atoms in total. The summed E-state index contributed by atoms with van der Waals surface area (Å²) in [4.78, 5) is 0. The van der Waals surface area contributed by atoms with Crippen molar-refractivity contribution in [2.75, 3.05) is 0 Å². The van der Waals surface area contributed by atoms with Crippen LogP contribution in [0.3, 0.4) is 0 Å². The molecule has 1 aliphatic heterocycles. The van der Waals surface area contributed by atoms with Crippen molar-refractivity contribution in [3.8, 4) is 0 Å². The third-order valence-corrected chi connectivity index (χ3v) is 2.12. The minimum atomic E-state index is -0.0156. The van der Waals surface area contributed by atoms with Crippen molar-refractivity contribution in [3.63, 3.8) is 0 Å². The lowest BCUT2D eigenvalue weighted by Crippen LogP contribution is -1.61. The van der Waals surface area contributed by atoms with E-state index >= 15 is 0 Å². The van der Waals surface area contributed by atoms with Crippen molar-refractivity contribution in [2.24, 2.45) is 0 Å². The Hall–Kier alpha value is 0.140. The van der Waals surface area contributed by atoms with Gasteiger partial charge >= 0.3 is 0 Å². The van der Waals surface area contributed by atoms with Crippen LogP contribution in [0.4, 0.5) is 0 Å². The minimum absolute atomic E-state index is 0.0156. The fourth-order valence-corrected chi connectivity index (χ4v) is 1.58. The molecule has 0 aromatic heterocycles. The second-order valence-electron chi connectivity index (χ2n) is 1.07. The van der Waals surface area contributed by atoms with E-state index in [4.69, 9.17) is 3.07 Å². The Morgan fingerprint density at radius 1 is 1.83 bits per heavy atom. The van der Waals surface area contributed by atoms with Crippen molar-refractivity contribution in [1.82, 2.24) is 0 Å². The molecule has 1 rings (SSSR count). The van der Waals surface area contributed by atoms with Gasteiger partial charge in [0, 0.05) is 4.01 Å². The Balaban J connectivity index is 2.61. The Bertz CT molecular complexity index is 104. The first-order valence-electron chi connectivity index (χ1n) is 1.70. The fourth-order valence-electron chi connectivity index (χ4n) is 0.236. The first-order chi connectivity index (χ1) is 2.89. The summed E-state index contributed by atoms with van der Waals surface area (Å²) in [5.74, 6) is 1.07. The molecule has 0 aromatic carbocycles. The number of hydrogen-bond acceptors (Lipinski definition) is 1. The van der Waals surface area contributed by atoms with Gasteiger partial charge < -0.3 is 3.07 Å². The maximum absolute atomic E-state index is 5.07. The second-order valence-corrected chi connectivity index (χ2v) is 2.74. The molecule has 1 aliphatic rings. The van der Waals surface area contributed by atoms with Gasteiger partial charge in [-0.05, 0) is 13.0 Å². The molecule has 0 radical (unpaired) electrons. The van der Waals surface area contributed by atoms with E-state index in [1.807, 2.05) is 13.0 Å². The van der Waals surface area contributed by atoms with E-state index < -0.39 is 0 Å². The molecule has 0 unspecified atom stereocenters. The largest absolute Gasteiger partial charge is 0.440 e. The molecule has 1 heterocycles. The van der Waals surface area contributed by atoms with E-state index in [-0.39, 0.29) is 21.1 Å². The molecule has 0 amide bonds. The maximum atomic E-state index is 5.07. The van der Waals surface area contributed by atoms with Crippen LogP contribution in [0.5, 0.6) is 0 Å². The van der Waals surface area contributed by atoms with E-state index in [1.54, 1.807) is 0 Å². The summed E-state index contributed by atoms with van der Waals surface area (Å²) in [6.45, 7) is 1.98. The van der Waals surface area contributed by atoms with Crippen LogP contribution < -0.4 is 0 Å². The zero-order valence-corrected chi connectivity index (χ0v) is 5.60. The van der Waals surface area contributed by atoms with Gasteiger partial charge in [0.1, 0.15) is 26.9 Å². The Labute approximate surface area is 47.3 Å². The van der Waals surface area contributed by atoms with Crippen molar-refractivity contribution < 1.29 is 3.07 Å². The van der Waals surface area contributed by atoms with Crippen LogP contribution in [0.1, 0.15) is 6.92 Å². The molecular formula is C4H5IO. The Kier molecular flexibility index (Phi) is 1.24. The zero-order chi connectivity index (χ0) is 4.41. The zero-order valence-electron chi connectivity index (χ0n) is 3.44. The molecule has 0 N–H and O–H groups in total. The molecule has 0 atom stereocenters. The summed E-state index contributed by atoms with van der Waals surface area (Å²) in [7, 11) is 0. The molecule has 6 heavy (non-hydrogen) atoms. The summed E-state index contributed by atoms with van der Waals surface area (Å²) >= 11 is -0.0156. The van der Waals surface area contributed by atoms with Crippen LogP contribution in [0.2, 0.25) is 0 Å². The molecule has 0 bridgehead atoms. The predicted molar refractivity (Wildman–Crippen MR) is 34.9 cm³/mol. The maximum Gasteiger partial charge on any atom is 0.113 e. The highest BCUT2D eigenvalue weighted by atomic mass is 127. The number of rotatable bonds is 0. The summed E-state index contributed by atoms with van der Waals surface area (Å²) in [6.07, 6.45) is 2.02. The summed E-state index contributed by atoms with van der Waals surface area (Å²) in [5, 5.41) is 0. The molecule has 0 saturated carbocycles. The molecule has 0 aromatic rings. The minimum Gasteiger partial charge on any atom is -0.440 e. The third-order valence-electron chi connectivity index (χ3n) is 0.515. The lowest BCUT2D eigenvalue weighted by Gasteiger charge is -1.84. The lowest BCUT2D eigenvalue weighted by molar-refractivity contribution is 0.568. The fraction of sp³-hybridized carbons (Fsp3) is 0.250. The number of allylic oxidation sites excluding steroid dienone is 2. The van der Waals surface area contributed by atoms with Gasteiger partial charge in [-0.3, -0.25) is 0 Å². The summed E-state index contributed by atoms with van der Waals surface area (Å²) in [5.41, 5.74) is 0. The SMILES string of the molecule is CC1=CC=IO1. The van der Waals surface area contributed by atoms with Crippen LogP contribution >= 0.6 is 21.1 Å². The van der Waals surface area contributed by atoms with Crippen molar-refractivity contribution >= 4 is 25.2 Å². The second kappa shape index (κ2) is 1.73. The van der Waals surface area contributed by atoms with Gasteiger partial charge in [-0.2, -0.15) is 0 Å². The van der Waals surface area contributed by atoms with E-state index in [1.165, 1.54) is 0 Å². The van der Waals surface area contributed by atoms with Gasteiger partial charge in [-0.1, -0.05) is 0 Å². The van der Waals surface area contributed by atoms with Crippen LogP contribution in [0.15, 0.2) is 11.8 Å². The molecule has 2 heteroatoms. The monoisotopic (exact) mass is 196 g/mol. The normalized spacial score (nSPS) is 18.5. The average Bonchev–Trinajstić information content (AvgIpc) is 1.86. The quantitative estimate of drug-likeness (QED) is 0.534. The molecule has 0 saturated heterocycles. The Morgan fingerprint density at radius 2 is 2.67 bits per heavy atom. The van der Waals surface area contributed by atoms with Crippen molar-refractivity contribution in [1.29, 1.82) is 0 Å². The summed E-state index contributed by atoms with van der Waals surface area (Å²) < 4.78 is 7.17. The average molecular weight is 196 g/mol. The first kappa shape index (κ1) is 4.30. The van der Waals surface area contributed by atoms with Gasteiger partial charge in [0.25, 0.3) is 0 Å². The predicted octanol–water partition coefficient (Wildman–Crippen LogP) is 1.61. The van der Waals surface area contributed by atoms with Crippen molar-refractivity contribution in [3.05, 3.63) is 11.8 Å². The first-order valence-corrected chi connectivity index (χ1v) is 3.83. The molecule has 0 aliphatic carbocycles. The van der Waals surface area contributed by atoms with E-state index in [0.29, 0.717) is 0 Å². The van der Waals surface area contributed by atoms with Crippen LogP contribution in [0, 0.1) is 0 Å². The molecular weight excluding hydrogens is 191 g/mol. The molecule has 0 spiro atoms. The third kappa shape index (κ3) is 0.801. The van der Waals surface area contributed by atoms with Gasteiger partial charge in [0.2, 0.25) is 0 Å². The highest BCUT2D eigenvalue weighted by Crippen LogP contribution is 2.12. The van der Waals surface area contributed by atoms with Gasteiger partial charge in [-0.15, -0.1) is 0 Å². The lowest BCUT2D eigenvalue weighted by atomic mass is 10.5. The topological polar surface area (TPSA) is 9.23 Å². The van der Waals surface area contributed by atoms with Gasteiger partial charge in [-0.25, -0.2) is 0 Å². The van der Waals surface area contributed by atoms with E-state index in [0.717, 1.165) is 5.76 Å². The van der Waals surface area contributed by atoms with Gasteiger partial charge in [0.05, 0.1) is 0 Å². The Morgan fingerprint density at radius 3 is 2.83 bits per heavy atom. The van der Waals surface area contributed by atoms with Crippen LogP contribution in [-0.2, 0) is 3.07 Å². The van der Waals surface area contributed by atoms with Crippen LogP contribution in [0.25, 0.3) is 0 Å². The van der Waals surface area contributed by atoms with E-state index in [2.05, 4.69) is 4.01 Å².